The van der Waals surface area contributed by atoms with Gasteiger partial charge in [-0.2, -0.15) is 0 Å². The zero-order valence-electron chi connectivity index (χ0n) is 10.4. The van der Waals surface area contributed by atoms with E-state index in [2.05, 4.69) is 15.9 Å². The van der Waals surface area contributed by atoms with E-state index in [1.165, 1.54) is 0 Å². The molecule has 2 nitrogen and oxygen atoms in total. The van der Waals surface area contributed by atoms with Crippen molar-refractivity contribution in [3.63, 3.8) is 0 Å². The van der Waals surface area contributed by atoms with Crippen LogP contribution in [0.15, 0.2) is 53.0 Å². The van der Waals surface area contributed by atoms with Crippen molar-refractivity contribution in [2.45, 2.75) is 6.92 Å². The third-order valence-electron chi connectivity index (χ3n) is 2.87. The highest BCUT2D eigenvalue weighted by atomic mass is 79.9. The Hall–Kier alpha value is -1.61. The van der Waals surface area contributed by atoms with Crippen molar-refractivity contribution in [3.8, 4) is 0 Å². The fourth-order valence-corrected chi connectivity index (χ4v) is 2.20. The molecule has 92 valence electrons. The van der Waals surface area contributed by atoms with Crippen LogP contribution in [0.2, 0.25) is 0 Å². The minimum absolute atomic E-state index is 0.0169. The summed E-state index contributed by atoms with van der Waals surface area (Å²) in [5, 5.41) is 0. The largest absolute Gasteiger partial charge is 0.311 e. The molecule has 0 unspecified atom stereocenters. The number of rotatable bonds is 2. The highest BCUT2D eigenvalue weighted by molar-refractivity contribution is 9.10. The van der Waals surface area contributed by atoms with Crippen molar-refractivity contribution in [3.05, 3.63) is 64.1 Å². The Morgan fingerprint density at radius 3 is 2.39 bits per heavy atom. The number of carbonyl (C=O) groups excluding carboxylic acids is 1. The first-order chi connectivity index (χ1) is 8.61. The fraction of sp³-hybridized carbons (Fsp3) is 0.133. The molecular formula is C15H14BrNO. The van der Waals surface area contributed by atoms with Gasteiger partial charge in [-0.25, -0.2) is 0 Å². The zero-order valence-corrected chi connectivity index (χ0v) is 11.9. The number of aryl methyl sites for hydroxylation is 1. The molecule has 3 heteroatoms. The van der Waals surface area contributed by atoms with Crippen molar-refractivity contribution >= 4 is 27.5 Å². The number of hydrogen-bond acceptors (Lipinski definition) is 1. The monoisotopic (exact) mass is 303 g/mol. The summed E-state index contributed by atoms with van der Waals surface area (Å²) < 4.78 is 0.859. The minimum atomic E-state index is -0.0169. The number of nitrogens with zero attached hydrogens (tertiary/aromatic N) is 1. The first-order valence-corrected chi connectivity index (χ1v) is 6.49. The van der Waals surface area contributed by atoms with Crippen LogP contribution >= 0.6 is 15.9 Å². The van der Waals surface area contributed by atoms with Crippen molar-refractivity contribution < 1.29 is 4.79 Å². The maximum absolute atomic E-state index is 12.4. The number of benzene rings is 2. The number of hydrogen-bond donors (Lipinski definition) is 0. The van der Waals surface area contributed by atoms with Gasteiger partial charge in [0.15, 0.2) is 0 Å². The van der Waals surface area contributed by atoms with Crippen molar-refractivity contribution in [1.82, 2.24) is 0 Å². The lowest BCUT2D eigenvalue weighted by Gasteiger charge is -2.18. The van der Waals surface area contributed by atoms with Crippen molar-refractivity contribution in [1.29, 1.82) is 0 Å². The maximum Gasteiger partial charge on any atom is 0.259 e. The van der Waals surface area contributed by atoms with Gasteiger partial charge in [-0.15, -0.1) is 0 Å². The van der Waals surface area contributed by atoms with Crippen LogP contribution in [0.25, 0.3) is 0 Å². The Balaban J connectivity index is 2.35. The second-order valence-corrected chi connectivity index (χ2v) is 4.93. The fourth-order valence-electron chi connectivity index (χ4n) is 1.76. The summed E-state index contributed by atoms with van der Waals surface area (Å²) in [6.07, 6.45) is 0. The van der Waals surface area contributed by atoms with Gasteiger partial charge in [0.2, 0.25) is 0 Å². The highest BCUT2D eigenvalue weighted by Crippen LogP contribution is 2.24. The molecule has 0 radical (unpaired) electrons. The van der Waals surface area contributed by atoms with Crippen molar-refractivity contribution in [2.75, 3.05) is 11.9 Å². The summed E-state index contributed by atoms with van der Waals surface area (Å²) in [4.78, 5) is 14.1. The van der Waals surface area contributed by atoms with Crippen LogP contribution in [-0.2, 0) is 0 Å². The standard InChI is InChI=1S/C15H14BrNO/c1-11-7-6-10-13(14(11)16)15(18)17(2)12-8-4-3-5-9-12/h3-10H,1-2H3. The van der Waals surface area contributed by atoms with Gasteiger partial charge in [0.05, 0.1) is 5.56 Å². The molecule has 2 aromatic rings. The van der Waals surface area contributed by atoms with Crippen LogP contribution < -0.4 is 4.90 Å². The summed E-state index contributed by atoms with van der Waals surface area (Å²) in [5.41, 5.74) is 2.62. The van der Waals surface area contributed by atoms with Gasteiger partial charge in [-0.05, 0) is 46.6 Å². The summed E-state index contributed by atoms with van der Waals surface area (Å²) in [7, 11) is 1.78. The molecule has 0 heterocycles. The molecule has 0 aromatic heterocycles. The third kappa shape index (κ3) is 2.46. The zero-order chi connectivity index (χ0) is 13.1. The van der Waals surface area contributed by atoms with Gasteiger partial charge in [0, 0.05) is 17.2 Å². The molecule has 0 aliphatic rings. The number of amides is 1. The number of halogens is 1. The first-order valence-electron chi connectivity index (χ1n) is 5.69. The molecule has 0 fully saturated rings. The summed E-state index contributed by atoms with van der Waals surface area (Å²) in [6.45, 7) is 1.98. The Labute approximate surface area is 115 Å². The number of para-hydroxylation sites is 1. The van der Waals surface area contributed by atoms with E-state index >= 15 is 0 Å². The quantitative estimate of drug-likeness (QED) is 0.820. The van der Waals surface area contributed by atoms with Gasteiger partial charge in [-0.1, -0.05) is 30.3 Å². The predicted molar refractivity (Wildman–Crippen MR) is 78.1 cm³/mol. The van der Waals surface area contributed by atoms with E-state index in [-0.39, 0.29) is 5.91 Å². The Morgan fingerprint density at radius 2 is 1.72 bits per heavy atom. The summed E-state index contributed by atoms with van der Waals surface area (Å²) >= 11 is 3.47. The van der Waals surface area contributed by atoms with E-state index in [9.17, 15) is 4.79 Å². The normalized spacial score (nSPS) is 10.2. The van der Waals surface area contributed by atoms with Crippen LogP contribution in [0.5, 0.6) is 0 Å². The smallest absolute Gasteiger partial charge is 0.259 e. The molecule has 1 amide bonds. The molecule has 0 saturated carbocycles. The SMILES string of the molecule is Cc1cccc(C(=O)N(C)c2ccccc2)c1Br. The Bertz CT molecular complexity index is 566. The minimum Gasteiger partial charge on any atom is -0.311 e. The second-order valence-electron chi connectivity index (χ2n) is 4.14. The van der Waals surface area contributed by atoms with Crippen LogP contribution in [0.4, 0.5) is 5.69 Å². The van der Waals surface area contributed by atoms with E-state index in [1.54, 1.807) is 11.9 Å². The van der Waals surface area contributed by atoms with Gasteiger partial charge >= 0.3 is 0 Å². The molecular weight excluding hydrogens is 290 g/mol. The molecule has 2 rings (SSSR count). The second kappa shape index (κ2) is 5.36. The van der Waals surface area contributed by atoms with Gasteiger partial charge in [-0.3, -0.25) is 4.79 Å². The average Bonchev–Trinajstić information content (AvgIpc) is 2.41. The lowest BCUT2D eigenvalue weighted by atomic mass is 10.1. The van der Waals surface area contributed by atoms with Crippen LogP contribution in [0.1, 0.15) is 15.9 Å². The van der Waals surface area contributed by atoms with Crippen LogP contribution in [-0.4, -0.2) is 13.0 Å². The third-order valence-corrected chi connectivity index (χ3v) is 3.92. The lowest BCUT2D eigenvalue weighted by molar-refractivity contribution is 0.0992. The molecule has 2 aromatic carbocycles. The van der Waals surface area contributed by atoms with Gasteiger partial charge in [0.25, 0.3) is 5.91 Å². The predicted octanol–water partition coefficient (Wildman–Crippen LogP) is 4.03. The van der Waals surface area contributed by atoms with Crippen LogP contribution in [0, 0.1) is 6.92 Å². The Morgan fingerprint density at radius 1 is 1.06 bits per heavy atom. The summed E-state index contributed by atoms with van der Waals surface area (Å²) in [5.74, 6) is -0.0169. The average molecular weight is 304 g/mol. The molecule has 0 atom stereocenters. The first kappa shape index (κ1) is 12.8. The Kier molecular flexibility index (Phi) is 3.82. The summed E-state index contributed by atoms with van der Waals surface area (Å²) in [6, 6.07) is 15.3. The number of anilines is 1. The molecule has 0 aliphatic heterocycles. The number of carbonyl (C=O) groups is 1. The highest BCUT2D eigenvalue weighted by Gasteiger charge is 2.16. The van der Waals surface area contributed by atoms with Crippen molar-refractivity contribution in [2.24, 2.45) is 0 Å². The van der Waals surface area contributed by atoms with E-state index in [0.717, 1.165) is 15.7 Å². The molecule has 0 N–H and O–H groups in total. The molecule has 0 spiro atoms. The van der Waals surface area contributed by atoms with E-state index in [0.29, 0.717) is 5.56 Å². The van der Waals surface area contributed by atoms with E-state index in [4.69, 9.17) is 0 Å². The lowest BCUT2D eigenvalue weighted by Crippen LogP contribution is -2.26. The van der Waals surface area contributed by atoms with Crippen LogP contribution in [0.3, 0.4) is 0 Å². The maximum atomic E-state index is 12.4. The molecule has 18 heavy (non-hydrogen) atoms. The topological polar surface area (TPSA) is 20.3 Å². The van der Waals surface area contributed by atoms with E-state index in [1.807, 2.05) is 55.5 Å². The molecule has 0 bridgehead atoms. The van der Waals surface area contributed by atoms with E-state index < -0.39 is 0 Å². The molecule has 0 saturated heterocycles. The van der Waals surface area contributed by atoms with Gasteiger partial charge < -0.3 is 4.90 Å². The molecule has 0 aliphatic carbocycles. The van der Waals surface area contributed by atoms with Gasteiger partial charge in [0.1, 0.15) is 0 Å².